The third-order valence-electron chi connectivity index (χ3n) is 5.01. The van der Waals surface area contributed by atoms with Crippen molar-refractivity contribution in [1.29, 1.82) is 0 Å². The van der Waals surface area contributed by atoms with E-state index in [2.05, 4.69) is 5.32 Å². The Bertz CT molecular complexity index is 823. The van der Waals surface area contributed by atoms with E-state index >= 15 is 0 Å². The van der Waals surface area contributed by atoms with E-state index in [1.165, 1.54) is 5.56 Å². The predicted molar refractivity (Wildman–Crippen MR) is 112 cm³/mol. The molecule has 2 aromatic rings. The summed E-state index contributed by atoms with van der Waals surface area (Å²) < 4.78 is 5.79. The maximum atomic E-state index is 12.5. The number of ether oxygens (including phenoxy) is 1. The zero-order valence-electron chi connectivity index (χ0n) is 16.6. The Morgan fingerprint density at radius 3 is 2.72 bits per heavy atom. The first-order chi connectivity index (χ1) is 14.2. The summed E-state index contributed by atoms with van der Waals surface area (Å²) in [6, 6.07) is 15.7. The molecule has 6 heteroatoms. The van der Waals surface area contributed by atoms with Gasteiger partial charge in [-0.05, 0) is 48.6 Å². The Labute approximate surface area is 171 Å². The summed E-state index contributed by atoms with van der Waals surface area (Å²) in [7, 11) is 0. The van der Waals surface area contributed by atoms with E-state index < -0.39 is 0 Å². The lowest BCUT2D eigenvalue weighted by atomic mass is 10.0. The van der Waals surface area contributed by atoms with Gasteiger partial charge in [-0.2, -0.15) is 0 Å². The first-order valence-corrected chi connectivity index (χ1v) is 10.1. The number of rotatable bonds is 10. The summed E-state index contributed by atoms with van der Waals surface area (Å²) in [6.45, 7) is 1.36. The maximum Gasteiger partial charge on any atom is 0.224 e. The van der Waals surface area contributed by atoms with Crippen molar-refractivity contribution in [2.24, 2.45) is 0 Å². The van der Waals surface area contributed by atoms with Crippen LogP contribution in [-0.4, -0.2) is 48.1 Å². The molecule has 0 aromatic heterocycles. The largest absolute Gasteiger partial charge is 0.494 e. The van der Waals surface area contributed by atoms with Crippen LogP contribution in [0.4, 0.5) is 5.69 Å². The number of aryl methyl sites for hydroxylation is 1. The average Bonchev–Trinajstić information content (AvgIpc) is 2.74. The summed E-state index contributed by atoms with van der Waals surface area (Å²) >= 11 is 0. The van der Waals surface area contributed by atoms with Crippen molar-refractivity contribution in [3.05, 3.63) is 59.7 Å². The fraction of sp³-hybridized carbons (Fsp3) is 0.391. The molecule has 0 spiro atoms. The maximum absolute atomic E-state index is 12.5. The van der Waals surface area contributed by atoms with Gasteiger partial charge in [-0.1, -0.05) is 30.3 Å². The lowest BCUT2D eigenvalue weighted by Gasteiger charge is -2.22. The van der Waals surface area contributed by atoms with Crippen molar-refractivity contribution in [1.82, 2.24) is 4.90 Å². The van der Waals surface area contributed by atoms with Crippen LogP contribution in [0.3, 0.4) is 0 Å². The molecule has 154 valence electrons. The van der Waals surface area contributed by atoms with Gasteiger partial charge >= 0.3 is 0 Å². The molecule has 1 heterocycles. The number of aliphatic hydroxyl groups excluding tert-OH is 1. The van der Waals surface area contributed by atoms with E-state index in [0.717, 1.165) is 23.4 Å². The minimum atomic E-state index is -0.0390. The van der Waals surface area contributed by atoms with Crippen LogP contribution in [0.2, 0.25) is 0 Å². The molecule has 29 heavy (non-hydrogen) atoms. The number of amides is 2. The minimum absolute atomic E-state index is 0.0340. The van der Waals surface area contributed by atoms with Gasteiger partial charge in [0.15, 0.2) is 0 Å². The van der Waals surface area contributed by atoms with Crippen molar-refractivity contribution in [3.8, 4) is 5.75 Å². The van der Waals surface area contributed by atoms with E-state index in [1.807, 2.05) is 48.5 Å². The Balaban J connectivity index is 1.42. The lowest BCUT2D eigenvalue weighted by Crippen LogP contribution is -2.35. The number of aliphatic hydroxyl groups is 1. The van der Waals surface area contributed by atoms with Gasteiger partial charge in [0.1, 0.15) is 5.75 Å². The molecule has 0 fully saturated rings. The van der Waals surface area contributed by atoms with Gasteiger partial charge in [0.25, 0.3) is 0 Å². The van der Waals surface area contributed by atoms with Crippen LogP contribution >= 0.6 is 0 Å². The highest BCUT2D eigenvalue weighted by Crippen LogP contribution is 2.26. The van der Waals surface area contributed by atoms with Gasteiger partial charge < -0.3 is 20.1 Å². The molecular weight excluding hydrogens is 368 g/mol. The number of hydrogen-bond donors (Lipinski definition) is 2. The van der Waals surface area contributed by atoms with E-state index in [9.17, 15) is 14.7 Å². The van der Waals surface area contributed by atoms with Gasteiger partial charge in [-0.15, -0.1) is 0 Å². The van der Waals surface area contributed by atoms with Crippen LogP contribution in [0, 0.1) is 0 Å². The number of hydrogen-bond acceptors (Lipinski definition) is 4. The number of nitrogens with zero attached hydrogens (tertiary/aromatic N) is 1. The SMILES string of the molecule is O=C1CCc2cc(OCCCC(=O)N(CCO)CCc3ccccc3)ccc2N1. The number of anilines is 1. The van der Waals surface area contributed by atoms with Crippen molar-refractivity contribution in [2.75, 3.05) is 31.6 Å². The number of nitrogens with one attached hydrogen (secondary N) is 1. The molecule has 0 radical (unpaired) electrons. The predicted octanol–water partition coefficient (Wildman–Crippen LogP) is 2.79. The first kappa shape index (κ1) is 20.9. The van der Waals surface area contributed by atoms with E-state index in [1.54, 1.807) is 4.90 Å². The summed E-state index contributed by atoms with van der Waals surface area (Å²) in [4.78, 5) is 25.6. The second-order valence-electron chi connectivity index (χ2n) is 7.16. The minimum Gasteiger partial charge on any atom is -0.494 e. The highest BCUT2D eigenvalue weighted by molar-refractivity contribution is 5.94. The summed E-state index contributed by atoms with van der Waals surface area (Å²) in [6.07, 6.45) is 2.98. The van der Waals surface area contributed by atoms with Crippen LogP contribution in [0.15, 0.2) is 48.5 Å². The lowest BCUT2D eigenvalue weighted by molar-refractivity contribution is -0.132. The van der Waals surface area contributed by atoms with Crippen molar-refractivity contribution < 1.29 is 19.4 Å². The van der Waals surface area contributed by atoms with E-state index in [-0.39, 0.29) is 18.4 Å². The van der Waals surface area contributed by atoms with Gasteiger partial charge in [0.2, 0.25) is 11.8 Å². The second-order valence-corrected chi connectivity index (χ2v) is 7.16. The Morgan fingerprint density at radius 2 is 1.93 bits per heavy atom. The smallest absolute Gasteiger partial charge is 0.224 e. The molecule has 2 aromatic carbocycles. The van der Waals surface area contributed by atoms with Gasteiger partial charge in [-0.25, -0.2) is 0 Å². The van der Waals surface area contributed by atoms with Gasteiger partial charge in [-0.3, -0.25) is 9.59 Å². The molecule has 0 saturated carbocycles. The Morgan fingerprint density at radius 1 is 1.10 bits per heavy atom. The van der Waals surface area contributed by atoms with Gasteiger partial charge in [0.05, 0.1) is 13.2 Å². The molecular formula is C23H28N2O4. The normalized spacial score (nSPS) is 12.8. The first-order valence-electron chi connectivity index (χ1n) is 10.1. The number of carbonyl (C=O) groups is 2. The Kier molecular flexibility index (Phi) is 7.64. The number of benzene rings is 2. The van der Waals surface area contributed by atoms with Crippen LogP contribution in [0.1, 0.15) is 30.4 Å². The van der Waals surface area contributed by atoms with Crippen molar-refractivity contribution in [3.63, 3.8) is 0 Å². The molecule has 3 rings (SSSR count). The topological polar surface area (TPSA) is 78.9 Å². The Hall–Kier alpha value is -2.86. The highest BCUT2D eigenvalue weighted by Gasteiger charge is 2.15. The third-order valence-corrected chi connectivity index (χ3v) is 5.01. The van der Waals surface area contributed by atoms with Crippen LogP contribution in [0.5, 0.6) is 5.75 Å². The average molecular weight is 396 g/mol. The molecule has 2 amide bonds. The number of carbonyl (C=O) groups excluding carboxylic acids is 2. The number of fused-ring (bicyclic) bond motifs is 1. The van der Waals surface area contributed by atoms with E-state index in [4.69, 9.17) is 4.74 Å². The van der Waals surface area contributed by atoms with Crippen LogP contribution in [0.25, 0.3) is 0 Å². The molecule has 0 unspecified atom stereocenters. The molecule has 0 saturated heterocycles. The highest BCUT2D eigenvalue weighted by atomic mass is 16.5. The van der Waals surface area contributed by atoms with Crippen molar-refractivity contribution >= 4 is 17.5 Å². The fourth-order valence-corrected chi connectivity index (χ4v) is 3.41. The molecule has 0 aliphatic carbocycles. The quantitative estimate of drug-likeness (QED) is 0.606. The van der Waals surface area contributed by atoms with Gasteiger partial charge in [0, 0.05) is 31.6 Å². The molecule has 1 aliphatic rings. The zero-order chi connectivity index (χ0) is 20.5. The fourth-order valence-electron chi connectivity index (χ4n) is 3.41. The third kappa shape index (κ3) is 6.32. The molecule has 0 bridgehead atoms. The van der Waals surface area contributed by atoms with Crippen LogP contribution in [-0.2, 0) is 22.4 Å². The van der Waals surface area contributed by atoms with E-state index in [0.29, 0.717) is 45.4 Å². The zero-order valence-corrected chi connectivity index (χ0v) is 16.6. The standard InChI is InChI=1S/C23H28N2O4/c26-15-14-25(13-12-18-5-2-1-3-6-18)23(28)7-4-16-29-20-9-10-21-19(17-20)8-11-22(27)24-21/h1-3,5-6,9-10,17,26H,4,7-8,11-16H2,(H,24,27). The second kappa shape index (κ2) is 10.6. The molecule has 6 nitrogen and oxygen atoms in total. The molecule has 0 atom stereocenters. The van der Waals surface area contributed by atoms with Crippen molar-refractivity contribution in [2.45, 2.75) is 32.1 Å². The summed E-state index contributed by atoms with van der Waals surface area (Å²) in [5.41, 5.74) is 3.10. The summed E-state index contributed by atoms with van der Waals surface area (Å²) in [5.74, 6) is 0.833. The van der Waals surface area contributed by atoms with Crippen LogP contribution < -0.4 is 10.1 Å². The summed E-state index contributed by atoms with van der Waals surface area (Å²) in [5, 5.41) is 12.1. The molecule has 2 N–H and O–H groups in total. The molecule has 1 aliphatic heterocycles. The monoisotopic (exact) mass is 396 g/mol.